The first-order chi connectivity index (χ1) is 8.22. The molecule has 17 heavy (non-hydrogen) atoms. The van der Waals surface area contributed by atoms with Crippen LogP contribution in [0.3, 0.4) is 0 Å². The molecule has 0 radical (unpaired) electrons. The van der Waals surface area contributed by atoms with E-state index in [4.69, 9.17) is 11.5 Å². The third-order valence-corrected chi connectivity index (χ3v) is 2.53. The van der Waals surface area contributed by atoms with Gasteiger partial charge in [-0.05, 0) is 24.3 Å². The summed E-state index contributed by atoms with van der Waals surface area (Å²) in [5.41, 5.74) is 14.5. The third-order valence-electron chi connectivity index (χ3n) is 2.53. The fourth-order valence-electron chi connectivity index (χ4n) is 1.73. The molecule has 0 aliphatic rings. The Morgan fingerprint density at radius 1 is 1.00 bits per heavy atom. The molecular weight excluding hydrogens is 214 g/mol. The molecule has 5 heteroatoms. The highest BCUT2D eigenvalue weighted by Crippen LogP contribution is 2.21. The Kier molecular flexibility index (Phi) is 1.98. The maximum Gasteiger partial charge on any atom is 0.180 e. The first-order valence-electron chi connectivity index (χ1n) is 5.20. The van der Waals surface area contributed by atoms with Gasteiger partial charge < -0.3 is 16.5 Å². The highest BCUT2D eigenvalue weighted by atomic mass is 15.0. The second-order valence-corrected chi connectivity index (χ2v) is 3.82. The number of imidazole rings is 1. The van der Waals surface area contributed by atoms with E-state index in [2.05, 4.69) is 15.0 Å². The Hall–Kier alpha value is -2.56. The molecule has 5 nitrogen and oxygen atoms in total. The van der Waals surface area contributed by atoms with Crippen LogP contribution in [0.2, 0.25) is 0 Å². The molecule has 0 fully saturated rings. The highest BCUT2D eigenvalue weighted by Gasteiger charge is 2.06. The number of hydrogen-bond donors (Lipinski definition) is 3. The van der Waals surface area contributed by atoms with E-state index in [-0.39, 0.29) is 0 Å². The van der Waals surface area contributed by atoms with Crippen molar-refractivity contribution in [2.45, 2.75) is 0 Å². The number of rotatable bonds is 1. The molecule has 0 saturated heterocycles. The van der Waals surface area contributed by atoms with Crippen molar-refractivity contribution in [3.05, 3.63) is 36.4 Å². The lowest BCUT2D eigenvalue weighted by atomic mass is 10.2. The van der Waals surface area contributed by atoms with Crippen molar-refractivity contribution in [1.29, 1.82) is 0 Å². The summed E-state index contributed by atoms with van der Waals surface area (Å²) in [4.78, 5) is 11.7. The van der Waals surface area contributed by atoms with Crippen molar-refractivity contribution in [1.82, 2.24) is 15.0 Å². The summed E-state index contributed by atoms with van der Waals surface area (Å²) in [6, 6.07) is 11.1. The number of hydrogen-bond acceptors (Lipinski definition) is 4. The standard InChI is InChI=1S/C12H11N5/c13-8-3-1-2-7(6-8)11-15-9-4-5-10(14)16-12(9)17-11/h1-6H,13H2,(H3,14,15,16,17). The van der Waals surface area contributed by atoms with E-state index in [0.29, 0.717) is 17.2 Å². The lowest BCUT2D eigenvalue weighted by molar-refractivity contribution is 1.30. The molecular formula is C12H11N5. The molecule has 0 saturated carbocycles. The second kappa shape index (κ2) is 3.48. The Morgan fingerprint density at radius 3 is 2.71 bits per heavy atom. The van der Waals surface area contributed by atoms with Crippen molar-refractivity contribution in [3.63, 3.8) is 0 Å². The maximum atomic E-state index is 5.74. The predicted octanol–water partition coefficient (Wildman–Crippen LogP) is 1.79. The number of nitrogens with one attached hydrogen (secondary N) is 1. The summed E-state index contributed by atoms with van der Waals surface area (Å²) in [5, 5.41) is 0. The Morgan fingerprint density at radius 2 is 1.88 bits per heavy atom. The van der Waals surface area contributed by atoms with Gasteiger partial charge in [0.15, 0.2) is 5.65 Å². The zero-order chi connectivity index (χ0) is 11.8. The monoisotopic (exact) mass is 225 g/mol. The van der Waals surface area contributed by atoms with Gasteiger partial charge >= 0.3 is 0 Å². The van der Waals surface area contributed by atoms with Crippen LogP contribution < -0.4 is 11.5 Å². The van der Waals surface area contributed by atoms with E-state index in [1.54, 1.807) is 6.07 Å². The molecule has 0 unspecified atom stereocenters. The Bertz CT molecular complexity index is 686. The molecule has 0 spiro atoms. The van der Waals surface area contributed by atoms with Crippen molar-refractivity contribution < 1.29 is 0 Å². The Balaban J connectivity index is 2.18. The van der Waals surface area contributed by atoms with Crippen LogP contribution in [-0.2, 0) is 0 Å². The highest BCUT2D eigenvalue weighted by molar-refractivity contribution is 5.77. The summed E-state index contributed by atoms with van der Waals surface area (Å²) >= 11 is 0. The van der Waals surface area contributed by atoms with E-state index in [9.17, 15) is 0 Å². The van der Waals surface area contributed by atoms with Crippen molar-refractivity contribution in [2.75, 3.05) is 11.5 Å². The van der Waals surface area contributed by atoms with Gasteiger partial charge in [0.25, 0.3) is 0 Å². The van der Waals surface area contributed by atoms with Crippen LogP contribution in [0.4, 0.5) is 11.5 Å². The molecule has 3 aromatic rings. The molecule has 84 valence electrons. The first kappa shape index (κ1) is 9.65. The smallest absolute Gasteiger partial charge is 0.180 e. The fraction of sp³-hybridized carbons (Fsp3) is 0. The van der Waals surface area contributed by atoms with Crippen LogP contribution >= 0.6 is 0 Å². The molecule has 2 heterocycles. The van der Waals surface area contributed by atoms with Crippen molar-refractivity contribution in [2.24, 2.45) is 0 Å². The van der Waals surface area contributed by atoms with Gasteiger partial charge in [-0.2, -0.15) is 0 Å². The Labute approximate surface area is 97.5 Å². The van der Waals surface area contributed by atoms with Crippen LogP contribution in [0.1, 0.15) is 0 Å². The molecule has 3 rings (SSSR count). The van der Waals surface area contributed by atoms with Gasteiger partial charge in [-0.25, -0.2) is 9.97 Å². The zero-order valence-corrected chi connectivity index (χ0v) is 9.01. The van der Waals surface area contributed by atoms with Gasteiger partial charge in [0.1, 0.15) is 11.6 Å². The topological polar surface area (TPSA) is 93.6 Å². The second-order valence-electron chi connectivity index (χ2n) is 3.82. The largest absolute Gasteiger partial charge is 0.399 e. The molecule has 0 amide bonds. The number of aromatic amines is 1. The average molecular weight is 225 g/mol. The minimum Gasteiger partial charge on any atom is -0.399 e. The molecule has 2 aromatic heterocycles. The third kappa shape index (κ3) is 1.67. The fourth-order valence-corrected chi connectivity index (χ4v) is 1.73. The number of fused-ring (bicyclic) bond motifs is 1. The number of H-pyrrole nitrogens is 1. The molecule has 5 N–H and O–H groups in total. The minimum absolute atomic E-state index is 0.461. The summed E-state index contributed by atoms with van der Waals surface area (Å²) < 4.78 is 0. The number of nitrogens with two attached hydrogens (primary N) is 2. The quantitative estimate of drug-likeness (QED) is 0.550. The van der Waals surface area contributed by atoms with E-state index in [0.717, 1.165) is 16.9 Å². The predicted molar refractivity (Wildman–Crippen MR) is 68.1 cm³/mol. The van der Waals surface area contributed by atoms with Gasteiger partial charge in [-0.15, -0.1) is 0 Å². The summed E-state index contributed by atoms with van der Waals surface area (Å²) in [5.74, 6) is 1.20. The molecule has 0 aliphatic heterocycles. The van der Waals surface area contributed by atoms with Crippen molar-refractivity contribution >= 4 is 22.7 Å². The van der Waals surface area contributed by atoms with Crippen molar-refractivity contribution in [3.8, 4) is 11.4 Å². The number of nitrogens with zero attached hydrogens (tertiary/aromatic N) is 2. The average Bonchev–Trinajstić information content (AvgIpc) is 2.72. The van der Waals surface area contributed by atoms with Gasteiger partial charge in [0.05, 0.1) is 5.52 Å². The van der Waals surface area contributed by atoms with Crippen LogP contribution in [0.15, 0.2) is 36.4 Å². The molecule has 0 atom stereocenters. The van der Waals surface area contributed by atoms with E-state index in [1.807, 2.05) is 30.3 Å². The summed E-state index contributed by atoms with van der Waals surface area (Å²) in [6.45, 7) is 0. The van der Waals surface area contributed by atoms with E-state index >= 15 is 0 Å². The van der Waals surface area contributed by atoms with Crippen LogP contribution in [-0.4, -0.2) is 15.0 Å². The lowest BCUT2D eigenvalue weighted by Gasteiger charge is -1.97. The zero-order valence-electron chi connectivity index (χ0n) is 9.01. The van der Waals surface area contributed by atoms with Gasteiger partial charge in [-0.1, -0.05) is 12.1 Å². The van der Waals surface area contributed by atoms with Crippen LogP contribution in [0.5, 0.6) is 0 Å². The van der Waals surface area contributed by atoms with Gasteiger partial charge in [0, 0.05) is 11.3 Å². The number of anilines is 2. The number of benzene rings is 1. The number of aromatic nitrogens is 3. The lowest BCUT2D eigenvalue weighted by Crippen LogP contribution is -1.88. The minimum atomic E-state index is 0.461. The maximum absolute atomic E-state index is 5.74. The van der Waals surface area contributed by atoms with E-state index < -0.39 is 0 Å². The number of pyridine rings is 1. The van der Waals surface area contributed by atoms with Gasteiger partial charge in [-0.3, -0.25) is 0 Å². The van der Waals surface area contributed by atoms with Crippen LogP contribution in [0.25, 0.3) is 22.6 Å². The first-order valence-corrected chi connectivity index (χ1v) is 5.20. The van der Waals surface area contributed by atoms with E-state index in [1.165, 1.54) is 0 Å². The van der Waals surface area contributed by atoms with Gasteiger partial charge in [0.2, 0.25) is 0 Å². The SMILES string of the molecule is Nc1cccc(-c2nc3nc(N)ccc3[nH]2)c1. The summed E-state index contributed by atoms with van der Waals surface area (Å²) in [7, 11) is 0. The molecule has 0 bridgehead atoms. The summed E-state index contributed by atoms with van der Waals surface area (Å²) in [6.07, 6.45) is 0. The molecule has 1 aromatic carbocycles. The molecule has 0 aliphatic carbocycles. The normalized spacial score (nSPS) is 10.8. The van der Waals surface area contributed by atoms with Crippen LogP contribution in [0, 0.1) is 0 Å². The number of nitrogen functional groups attached to an aromatic ring is 2.